The summed E-state index contributed by atoms with van der Waals surface area (Å²) >= 11 is 0. The third-order valence-corrected chi connectivity index (χ3v) is 6.02. The van der Waals surface area contributed by atoms with Crippen LogP contribution in [0.1, 0.15) is 17.5 Å². The summed E-state index contributed by atoms with van der Waals surface area (Å²) in [7, 11) is 2.10. The topological polar surface area (TPSA) is 90.2 Å². The van der Waals surface area contributed by atoms with Crippen molar-refractivity contribution in [1.29, 1.82) is 0 Å². The molecule has 5 rings (SSSR count). The van der Waals surface area contributed by atoms with Gasteiger partial charge in [0.2, 0.25) is 5.95 Å². The monoisotopic (exact) mass is 497 g/mol. The van der Waals surface area contributed by atoms with E-state index >= 15 is 0 Å². The quantitative estimate of drug-likeness (QED) is 0.408. The number of nitrogens with one attached hydrogen (secondary N) is 1. The molecule has 2 aromatic carbocycles. The van der Waals surface area contributed by atoms with E-state index in [2.05, 4.69) is 50.5 Å². The first-order valence-corrected chi connectivity index (χ1v) is 12.4. The molecule has 0 unspecified atom stereocenters. The van der Waals surface area contributed by atoms with Crippen LogP contribution in [0.2, 0.25) is 0 Å². The molecule has 9 nitrogen and oxygen atoms in total. The minimum Gasteiger partial charge on any atom is -0.493 e. The predicted octanol–water partition coefficient (Wildman–Crippen LogP) is 4.64. The van der Waals surface area contributed by atoms with Gasteiger partial charge in [0.25, 0.3) is 0 Å². The smallest absolute Gasteiger partial charge is 0.227 e. The summed E-state index contributed by atoms with van der Waals surface area (Å²) in [4.78, 5) is 15.6. The molecule has 0 fully saturated rings. The Morgan fingerprint density at radius 2 is 2.08 bits per heavy atom. The molecule has 0 atom stereocenters. The molecule has 0 spiro atoms. The second-order valence-electron chi connectivity index (χ2n) is 9.01. The van der Waals surface area contributed by atoms with Gasteiger partial charge in [0.05, 0.1) is 18.8 Å². The summed E-state index contributed by atoms with van der Waals surface area (Å²) in [5.74, 6) is 2.21. The molecule has 0 radical (unpaired) electrons. The van der Waals surface area contributed by atoms with Crippen LogP contribution in [-0.2, 0) is 13.1 Å². The Morgan fingerprint density at radius 3 is 2.97 bits per heavy atom. The van der Waals surface area contributed by atoms with Crippen LogP contribution >= 0.6 is 0 Å². The van der Waals surface area contributed by atoms with E-state index in [4.69, 9.17) is 14.5 Å². The van der Waals surface area contributed by atoms with Gasteiger partial charge in [-0.1, -0.05) is 24.3 Å². The maximum Gasteiger partial charge on any atom is 0.227 e. The summed E-state index contributed by atoms with van der Waals surface area (Å²) < 4.78 is 13.9. The predicted molar refractivity (Wildman–Crippen MR) is 143 cm³/mol. The molecule has 0 aliphatic carbocycles. The average molecular weight is 498 g/mol. The van der Waals surface area contributed by atoms with Crippen LogP contribution in [0.15, 0.2) is 73.5 Å². The summed E-state index contributed by atoms with van der Waals surface area (Å²) in [5, 5.41) is 7.52. The van der Waals surface area contributed by atoms with Gasteiger partial charge < -0.3 is 14.8 Å². The van der Waals surface area contributed by atoms with Crippen molar-refractivity contribution in [3.8, 4) is 22.8 Å². The van der Waals surface area contributed by atoms with E-state index in [0.717, 1.165) is 59.1 Å². The number of nitrogens with zero attached hydrogens (tertiary/aromatic N) is 6. The van der Waals surface area contributed by atoms with E-state index in [9.17, 15) is 0 Å². The molecule has 1 aliphatic rings. The highest BCUT2D eigenvalue weighted by molar-refractivity contribution is 5.67. The zero-order valence-electron chi connectivity index (χ0n) is 21.2. The van der Waals surface area contributed by atoms with Crippen molar-refractivity contribution in [1.82, 2.24) is 29.6 Å². The molecule has 37 heavy (non-hydrogen) atoms. The fourth-order valence-electron chi connectivity index (χ4n) is 4.15. The van der Waals surface area contributed by atoms with Gasteiger partial charge in [-0.25, -0.2) is 19.6 Å². The molecule has 0 saturated heterocycles. The summed E-state index contributed by atoms with van der Waals surface area (Å²) in [5.41, 5.74) is 4.84. The second kappa shape index (κ2) is 11.7. The number of fused-ring (bicyclic) bond motifs is 7. The number of aromatic nitrogens is 5. The number of hydrogen-bond acceptors (Lipinski definition) is 8. The van der Waals surface area contributed by atoms with Gasteiger partial charge in [-0.15, -0.1) is 0 Å². The third kappa shape index (κ3) is 6.50. The van der Waals surface area contributed by atoms with E-state index in [1.165, 1.54) is 6.33 Å². The zero-order chi connectivity index (χ0) is 25.5. The number of hydrogen-bond donors (Lipinski definition) is 1. The summed E-state index contributed by atoms with van der Waals surface area (Å²) in [6.07, 6.45) is 10.2. The lowest BCUT2D eigenvalue weighted by Gasteiger charge is -2.19. The number of likely N-dealkylation sites (N-methyl/N-ethyl adjacent to an activating group) is 1. The molecule has 0 saturated carbocycles. The van der Waals surface area contributed by atoms with Crippen LogP contribution in [-0.4, -0.2) is 56.4 Å². The Morgan fingerprint density at radius 1 is 1.14 bits per heavy atom. The van der Waals surface area contributed by atoms with Gasteiger partial charge in [0.1, 0.15) is 30.8 Å². The molecule has 1 N–H and O–H groups in total. The Balaban J connectivity index is 1.44. The van der Waals surface area contributed by atoms with Crippen LogP contribution in [0.5, 0.6) is 11.5 Å². The highest BCUT2D eigenvalue weighted by Crippen LogP contribution is 2.29. The normalized spacial score (nSPS) is 15.1. The van der Waals surface area contributed by atoms with Crippen LogP contribution in [0, 0.1) is 6.92 Å². The molecule has 9 heteroatoms. The van der Waals surface area contributed by atoms with E-state index in [1.807, 2.05) is 49.5 Å². The van der Waals surface area contributed by atoms with E-state index < -0.39 is 0 Å². The van der Waals surface area contributed by atoms with E-state index in [-0.39, 0.29) is 0 Å². The maximum atomic E-state index is 6.15. The van der Waals surface area contributed by atoms with E-state index in [1.54, 1.807) is 11.0 Å². The largest absolute Gasteiger partial charge is 0.493 e. The molecule has 4 aromatic rings. The van der Waals surface area contributed by atoms with Crippen molar-refractivity contribution in [3.05, 3.63) is 84.6 Å². The Labute approximate surface area is 216 Å². The highest BCUT2D eigenvalue weighted by atomic mass is 16.5. The lowest BCUT2D eigenvalue weighted by molar-refractivity contribution is 0.280. The molecular weight excluding hydrogens is 466 g/mol. The van der Waals surface area contributed by atoms with Crippen LogP contribution < -0.4 is 14.8 Å². The SMILES string of the molecule is Cc1cnc2nc1-c1cccc(c1)OCC/C=C/CN(C)Cc1cc(ccc1OCCn1cncn1)N2. The molecule has 1 aliphatic heterocycles. The number of rotatable bonds is 4. The molecule has 190 valence electrons. The van der Waals surface area contributed by atoms with Crippen molar-refractivity contribution in [2.24, 2.45) is 0 Å². The fourth-order valence-corrected chi connectivity index (χ4v) is 4.15. The highest BCUT2D eigenvalue weighted by Gasteiger charge is 2.12. The van der Waals surface area contributed by atoms with Gasteiger partial charge in [0, 0.05) is 36.1 Å². The number of benzene rings is 2. The average Bonchev–Trinajstić information content (AvgIpc) is 3.42. The lowest BCUT2D eigenvalue weighted by Crippen LogP contribution is -2.19. The van der Waals surface area contributed by atoms with E-state index in [0.29, 0.717) is 25.7 Å². The third-order valence-electron chi connectivity index (χ3n) is 6.02. The first kappa shape index (κ1) is 24.5. The lowest BCUT2D eigenvalue weighted by atomic mass is 10.1. The molecular formula is C28H31N7O2. The minimum atomic E-state index is 0.496. The van der Waals surface area contributed by atoms with Crippen molar-refractivity contribution >= 4 is 11.6 Å². The summed E-state index contributed by atoms with van der Waals surface area (Å²) in [6, 6.07) is 14.1. The van der Waals surface area contributed by atoms with Crippen LogP contribution in [0.3, 0.4) is 0 Å². The zero-order valence-corrected chi connectivity index (χ0v) is 21.2. The number of anilines is 2. The number of aryl methyl sites for hydroxylation is 1. The van der Waals surface area contributed by atoms with Gasteiger partial charge in [-0.05, 0) is 56.3 Å². The standard InChI is InChI=1S/C28H31N7O2/c1-21-17-30-28-32-24-9-10-26(37-14-12-35-20-29-19-31-35)23(15-24)18-34(2)11-4-3-5-13-36-25-8-6-7-22(16-25)27(21)33-28/h3-4,6-10,15-17,19-20H,5,11-14,18H2,1-2H3,(H,30,32,33)/b4-3+. The van der Waals surface area contributed by atoms with Crippen LogP contribution in [0.25, 0.3) is 11.3 Å². The van der Waals surface area contributed by atoms with Crippen LogP contribution in [0.4, 0.5) is 11.6 Å². The van der Waals surface area contributed by atoms with Crippen molar-refractivity contribution in [3.63, 3.8) is 0 Å². The Kier molecular flexibility index (Phi) is 7.71. The molecule has 6 bridgehead atoms. The Hall–Kier alpha value is -4.24. The minimum absolute atomic E-state index is 0.496. The fraction of sp³-hybridized carbons (Fsp3) is 0.286. The Bertz CT molecular complexity index is 1350. The van der Waals surface area contributed by atoms with Gasteiger partial charge >= 0.3 is 0 Å². The van der Waals surface area contributed by atoms with Crippen molar-refractivity contribution in [2.45, 2.75) is 26.4 Å². The first-order chi connectivity index (χ1) is 18.1. The van der Waals surface area contributed by atoms with Crippen molar-refractivity contribution < 1.29 is 9.47 Å². The second-order valence-corrected chi connectivity index (χ2v) is 9.01. The summed E-state index contributed by atoms with van der Waals surface area (Å²) in [6.45, 7) is 5.29. The number of ether oxygens (including phenoxy) is 2. The molecule has 2 aromatic heterocycles. The molecule has 0 amide bonds. The maximum absolute atomic E-state index is 6.15. The first-order valence-electron chi connectivity index (χ1n) is 12.4. The van der Waals surface area contributed by atoms with Gasteiger partial charge in [-0.2, -0.15) is 5.10 Å². The van der Waals surface area contributed by atoms with Gasteiger partial charge in [0.15, 0.2) is 0 Å². The molecule has 3 heterocycles. The van der Waals surface area contributed by atoms with Crippen molar-refractivity contribution in [2.75, 3.05) is 32.1 Å². The van der Waals surface area contributed by atoms with Gasteiger partial charge in [-0.3, -0.25) is 4.90 Å².